The lowest BCUT2D eigenvalue weighted by Gasteiger charge is -2.09. The van der Waals surface area contributed by atoms with Crippen molar-refractivity contribution in [2.24, 2.45) is 0 Å². The van der Waals surface area contributed by atoms with Gasteiger partial charge in [0.1, 0.15) is 10.8 Å². The van der Waals surface area contributed by atoms with E-state index >= 15 is 0 Å². The van der Waals surface area contributed by atoms with Crippen LogP contribution in [0.4, 0.5) is 0 Å². The van der Waals surface area contributed by atoms with Crippen LogP contribution in [0, 0.1) is 18.3 Å². The van der Waals surface area contributed by atoms with Crippen molar-refractivity contribution in [2.75, 3.05) is 5.75 Å². The average molecular weight is 416 g/mol. The number of thiophene rings is 1. The first kappa shape index (κ1) is 18.3. The predicted octanol–water partition coefficient (Wildman–Crippen LogP) is 4.00. The second-order valence-corrected chi connectivity index (χ2v) is 9.26. The maximum atomic E-state index is 12.6. The van der Waals surface area contributed by atoms with Crippen LogP contribution in [0.1, 0.15) is 46.2 Å². The molecular weight excluding hydrogens is 398 g/mol. The fourth-order valence-corrected chi connectivity index (χ4v) is 5.28. The molecule has 1 aliphatic carbocycles. The lowest BCUT2D eigenvalue weighted by molar-refractivity contribution is -0.116. The molecule has 0 aromatic carbocycles. The van der Waals surface area contributed by atoms with Gasteiger partial charge in [0.05, 0.1) is 11.8 Å². The fourth-order valence-electron chi connectivity index (χ4n) is 2.78. The molecular formula is C18H17N5OS3. The van der Waals surface area contributed by atoms with Crippen molar-refractivity contribution >= 4 is 40.2 Å². The van der Waals surface area contributed by atoms with Gasteiger partial charge in [0, 0.05) is 28.4 Å². The molecule has 0 bridgehead atoms. The number of rotatable bonds is 8. The van der Waals surface area contributed by atoms with Crippen LogP contribution in [-0.2, 0) is 11.2 Å². The maximum Gasteiger partial charge on any atom is 0.191 e. The molecule has 0 saturated heterocycles. The minimum absolute atomic E-state index is 0.137. The highest BCUT2D eigenvalue weighted by molar-refractivity contribution is 7.99. The van der Waals surface area contributed by atoms with E-state index in [2.05, 4.69) is 37.3 Å². The second-order valence-electron chi connectivity index (χ2n) is 6.40. The Morgan fingerprint density at radius 2 is 2.30 bits per heavy atom. The molecule has 27 heavy (non-hydrogen) atoms. The van der Waals surface area contributed by atoms with Crippen LogP contribution in [-0.4, -0.2) is 31.3 Å². The molecule has 0 aliphatic heterocycles. The number of ketones is 1. The van der Waals surface area contributed by atoms with Crippen molar-refractivity contribution < 1.29 is 4.79 Å². The van der Waals surface area contributed by atoms with Gasteiger partial charge >= 0.3 is 0 Å². The molecule has 0 N–H and O–H groups in total. The first-order chi connectivity index (χ1) is 13.2. The van der Waals surface area contributed by atoms with E-state index in [1.54, 1.807) is 11.3 Å². The zero-order valence-electron chi connectivity index (χ0n) is 14.7. The van der Waals surface area contributed by atoms with Crippen LogP contribution in [0.25, 0.3) is 0 Å². The molecule has 0 radical (unpaired) electrons. The molecule has 1 atom stereocenters. The van der Waals surface area contributed by atoms with Crippen LogP contribution in [0.15, 0.2) is 28.0 Å². The Morgan fingerprint density at radius 1 is 1.44 bits per heavy atom. The van der Waals surface area contributed by atoms with E-state index < -0.39 is 5.92 Å². The third kappa shape index (κ3) is 4.13. The van der Waals surface area contributed by atoms with Gasteiger partial charge in [0.15, 0.2) is 16.9 Å². The van der Waals surface area contributed by atoms with Crippen LogP contribution < -0.4 is 0 Å². The number of Topliss-reactive ketones (excluding diaryl/α,β-unsaturated/α-hetero) is 1. The Hall–Kier alpha value is -2.02. The SMILES string of the molecule is Cc1csc([C@@H](C#N)C(=O)CSc2nnc(Cc3cccs3)n2C2CC2)n1. The van der Waals surface area contributed by atoms with E-state index in [4.69, 9.17) is 0 Å². The van der Waals surface area contributed by atoms with Crippen molar-refractivity contribution in [1.82, 2.24) is 19.7 Å². The van der Waals surface area contributed by atoms with Gasteiger partial charge in [-0.3, -0.25) is 4.79 Å². The monoisotopic (exact) mass is 415 g/mol. The third-order valence-corrected chi connectivity index (χ3v) is 7.11. The van der Waals surface area contributed by atoms with Gasteiger partial charge in [-0.15, -0.1) is 32.9 Å². The van der Waals surface area contributed by atoms with Gasteiger partial charge in [0.2, 0.25) is 0 Å². The quantitative estimate of drug-likeness (QED) is 0.517. The van der Waals surface area contributed by atoms with Gasteiger partial charge < -0.3 is 4.57 Å². The molecule has 138 valence electrons. The van der Waals surface area contributed by atoms with Crippen molar-refractivity contribution in [2.45, 2.75) is 43.3 Å². The van der Waals surface area contributed by atoms with Gasteiger partial charge in [-0.25, -0.2) is 4.98 Å². The number of aromatic nitrogens is 4. The summed E-state index contributed by atoms with van der Waals surface area (Å²) in [6.07, 6.45) is 3.00. The number of carbonyl (C=O) groups excluding carboxylic acids is 1. The average Bonchev–Trinajstić information content (AvgIpc) is 3.04. The first-order valence-electron chi connectivity index (χ1n) is 8.59. The zero-order chi connectivity index (χ0) is 18.8. The van der Waals surface area contributed by atoms with Crippen molar-refractivity contribution in [3.8, 4) is 6.07 Å². The van der Waals surface area contributed by atoms with E-state index in [1.165, 1.54) is 28.0 Å². The minimum atomic E-state index is -0.806. The Labute approximate surface area is 169 Å². The minimum Gasteiger partial charge on any atom is -0.303 e. The summed E-state index contributed by atoms with van der Waals surface area (Å²) in [6, 6.07) is 6.66. The van der Waals surface area contributed by atoms with Gasteiger partial charge in [-0.2, -0.15) is 5.26 Å². The number of carbonyl (C=O) groups is 1. The van der Waals surface area contributed by atoms with Crippen LogP contribution >= 0.6 is 34.4 Å². The normalized spacial score (nSPS) is 14.8. The second kappa shape index (κ2) is 7.92. The van der Waals surface area contributed by atoms with Crippen molar-refractivity contribution in [3.05, 3.63) is 44.3 Å². The molecule has 6 nitrogen and oxygen atoms in total. The molecule has 1 fully saturated rings. The van der Waals surface area contributed by atoms with Crippen LogP contribution in [0.3, 0.4) is 0 Å². The summed E-state index contributed by atoms with van der Waals surface area (Å²) in [7, 11) is 0. The summed E-state index contributed by atoms with van der Waals surface area (Å²) in [5.74, 6) is 0.198. The highest BCUT2D eigenvalue weighted by Gasteiger charge is 2.31. The molecule has 0 amide bonds. The Balaban J connectivity index is 1.47. The lowest BCUT2D eigenvalue weighted by Crippen LogP contribution is -2.14. The molecule has 3 heterocycles. The summed E-state index contributed by atoms with van der Waals surface area (Å²) in [5.41, 5.74) is 0.836. The lowest BCUT2D eigenvalue weighted by atomic mass is 10.1. The van der Waals surface area contributed by atoms with Crippen LogP contribution in [0.2, 0.25) is 0 Å². The molecule has 3 aromatic heterocycles. The smallest absolute Gasteiger partial charge is 0.191 e. The summed E-state index contributed by atoms with van der Waals surface area (Å²) < 4.78 is 2.17. The van der Waals surface area contributed by atoms with E-state index in [0.29, 0.717) is 11.0 Å². The summed E-state index contributed by atoms with van der Waals surface area (Å²) >= 11 is 4.44. The Bertz CT molecular complexity index is 981. The molecule has 1 aliphatic rings. The molecule has 1 saturated carbocycles. The zero-order valence-corrected chi connectivity index (χ0v) is 17.1. The maximum absolute atomic E-state index is 12.6. The van der Waals surface area contributed by atoms with E-state index in [0.717, 1.165) is 35.9 Å². The molecule has 0 spiro atoms. The topological polar surface area (TPSA) is 84.5 Å². The van der Waals surface area contributed by atoms with E-state index in [-0.39, 0.29) is 11.5 Å². The van der Waals surface area contributed by atoms with Gasteiger partial charge in [-0.1, -0.05) is 17.8 Å². The fraction of sp³-hybridized carbons (Fsp3) is 0.389. The standard InChI is InChI=1S/C18H17N5OS3/c1-11-9-26-17(20-11)14(8-19)15(24)10-27-18-22-21-16(23(18)12-4-5-12)7-13-3-2-6-25-13/h2-3,6,9,12,14H,4-5,7,10H2,1H3/t14-/m0/s1. The predicted molar refractivity (Wildman–Crippen MR) is 106 cm³/mol. The van der Waals surface area contributed by atoms with Gasteiger partial charge in [0.25, 0.3) is 0 Å². The number of nitriles is 1. The molecule has 0 unspecified atom stereocenters. The Kier molecular flexibility index (Phi) is 5.38. The number of nitrogens with zero attached hydrogens (tertiary/aromatic N) is 5. The summed E-state index contributed by atoms with van der Waals surface area (Å²) in [4.78, 5) is 18.1. The Morgan fingerprint density at radius 3 is 2.93 bits per heavy atom. The van der Waals surface area contributed by atoms with Gasteiger partial charge in [-0.05, 0) is 31.2 Å². The highest BCUT2D eigenvalue weighted by Crippen LogP contribution is 2.39. The number of hydrogen-bond acceptors (Lipinski definition) is 8. The third-order valence-electron chi connectivity index (χ3n) is 4.24. The van der Waals surface area contributed by atoms with Crippen molar-refractivity contribution in [1.29, 1.82) is 5.26 Å². The number of thioether (sulfide) groups is 1. The number of thiazole rings is 1. The molecule has 9 heteroatoms. The molecule has 4 rings (SSSR count). The van der Waals surface area contributed by atoms with Crippen molar-refractivity contribution in [3.63, 3.8) is 0 Å². The van der Waals surface area contributed by atoms with Crippen LogP contribution in [0.5, 0.6) is 0 Å². The molecule has 3 aromatic rings. The summed E-state index contributed by atoms with van der Waals surface area (Å²) in [6.45, 7) is 1.86. The highest BCUT2D eigenvalue weighted by atomic mass is 32.2. The van der Waals surface area contributed by atoms with E-state index in [1.807, 2.05) is 18.4 Å². The largest absolute Gasteiger partial charge is 0.303 e. The first-order valence-corrected chi connectivity index (χ1v) is 11.3. The number of hydrogen-bond donors (Lipinski definition) is 0. The summed E-state index contributed by atoms with van der Waals surface area (Å²) in [5, 5.41) is 23.4. The number of aryl methyl sites for hydroxylation is 1. The van der Waals surface area contributed by atoms with E-state index in [9.17, 15) is 10.1 Å².